The molecule has 15 heavy (non-hydrogen) atoms. The highest BCUT2D eigenvalue weighted by molar-refractivity contribution is 5.98. The zero-order valence-corrected chi connectivity index (χ0v) is 8.97. The molecule has 0 aliphatic carbocycles. The van der Waals surface area contributed by atoms with Crippen LogP contribution in [0.4, 0.5) is 0 Å². The predicted octanol–water partition coefficient (Wildman–Crippen LogP) is 1.40. The van der Waals surface area contributed by atoms with Crippen molar-refractivity contribution in [3.05, 3.63) is 32.7 Å². The summed E-state index contributed by atoms with van der Waals surface area (Å²) >= 11 is 0. The number of Topliss-reactive ketones (excluding diaryl/α,β-unsaturated/α-hetero) is 1. The zero-order chi connectivity index (χ0) is 11.6. The van der Waals surface area contributed by atoms with E-state index in [0.717, 1.165) is 11.3 Å². The number of aromatic amines is 1. The Morgan fingerprint density at radius 3 is 2.47 bits per heavy atom. The SMILES string of the molecule is Cc1[nH]c(=O)c(C(=O)CC#N)c(C)c1C. The molecule has 0 unspecified atom stereocenters. The molecule has 0 atom stereocenters. The van der Waals surface area contributed by atoms with Crippen LogP contribution in [0.15, 0.2) is 4.79 Å². The van der Waals surface area contributed by atoms with Crippen LogP contribution in [0.5, 0.6) is 0 Å². The van der Waals surface area contributed by atoms with Crippen molar-refractivity contribution in [3.8, 4) is 6.07 Å². The zero-order valence-electron chi connectivity index (χ0n) is 8.97. The molecule has 0 spiro atoms. The maximum absolute atomic E-state index is 11.5. The van der Waals surface area contributed by atoms with Gasteiger partial charge in [0.2, 0.25) is 0 Å². The first-order chi connectivity index (χ1) is 6.99. The molecule has 0 bridgehead atoms. The lowest BCUT2D eigenvalue weighted by atomic mass is 10.00. The van der Waals surface area contributed by atoms with Gasteiger partial charge in [0.25, 0.3) is 5.56 Å². The summed E-state index contributed by atoms with van der Waals surface area (Å²) in [7, 11) is 0. The fourth-order valence-corrected chi connectivity index (χ4v) is 1.46. The van der Waals surface area contributed by atoms with E-state index < -0.39 is 11.3 Å². The molecule has 78 valence electrons. The number of carbonyl (C=O) groups excluding carboxylic acids is 1. The molecular formula is C11H12N2O2. The lowest BCUT2D eigenvalue weighted by molar-refractivity contribution is 0.0995. The van der Waals surface area contributed by atoms with Crippen LogP contribution in [0, 0.1) is 32.1 Å². The minimum absolute atomic E-state index is 0.111. The Morgan fingerprint density at radius 1 is 1.33 bits per heavy atom. The molecule has 1 aromatic rings. The summed E-state index contributed by atoms with van der Waals surface area (Å²) < 4.78 is 0. The van der Waals surface area contributed by atoms with Crippen LogP contribution >= 0.6 is 0 Å². The van der Waals surface area contributed by atoms with Crippen LogP contribution < -0.4 is 5.56 Å². The smallest absolute Gasteiger partial charge is 0.259 e. The molecule has 0 aliphatic rings. The lowest BCUT2D eigenvalue weighted by Crippen LogP contribution is -2.21. The van der Waals surface area contributed by atoms with Crippen molar-refractivity contribution in [3.63, 3.8) is 0 Å². The van der Waals surface area contributed by atoms with Gasteiger partial charge in [-0.1, -0.05) is 0 Å². The van der Waals surface area contributed by atoms with E-state index in [1.807, 2.05) is 6.92 Å². The lowest BCUT2D eigenvalue weighted by Gasteiger charge is -2.07. The summed E-state index contributed by atoms with van der Waals surface area (Å²) in [5.41, 5.74) is 2.01. The number of nitriles is 1. The Kier molecular flexibility index (Phi) is 3.05. The number of hydrogen-bond acceptors (Lipinski definition) is 3. The quantitative estimate of drug-likeness (QED) is 0.740. The van der Waals surface area contributed by atoms with Crippen molar-refractivity contribution in [2.24, 2.45) is 0 Å². The number of nitrogens with zero attached hydrogens (tertiary/aromatic N) is 1. The van der Waals surface area contributed by atoms with E-state index in [2.05, 4.69) is 4.98 Å². The fraction of sp³-hybridized carbons (Fsp3) is 0.364. The molecule has 1 aromatic heterocycles. The molecule has 0 amide bonds. The molecule has 0 aromatic carbocycles. The summed E-state index contributed by atoms with van der Waals surface area (Å²) in [5.74, 6) is -0.417. The topological polar surface area (TPSA) is 73.7 Å². The van der Waals surface area contributed by atoms with Crippen LogP contribution in [-0.4, -0.2) is 10.8 Å². The molecule has 0 fully saturated rings. The van der Waals surface area contributed by atoms with E-state index in [9.17, 15) is 9.59 Å². The summed E-state index contributed by atoms with van der Waals surface area (Å²) in [5, 5.41) is 8.42. The van der Waals surface area contributed by atoms with Crippen LogP contribution in [0.2, 0.25) is 0 Å². The van der Waals surface area contributed by atoms with E-state index in [4.69, 9.17) is 5.26 Å². The third kappa shape index (κ3) is 1.96. The Hall–Kier alpha value is -1.89. The molecule has 1 rings (SSSR count). The van der Waals surface area contributed by atoms with E-state index >= 15 is 0 Å². The van der Waals surface area contributed by atoms with Gasteiger partial charge in [0.15, 0.2) is 5.78 Å². The van der Waals surface area contributed by atoms with Gasteiger partial charge < -0.3 is 4.98 Å². The van der Waals surface area contributed by atoms with Gasteiger partial charge in [0.1, 0.15) is 0 Å². The Bertz CT molecular complexity index is 507. The first-order valence-corrected chi connectivity index (χ1v) is 4.59. The van der Waals surface area contributed by atoms with Gasteiger partial charge in [-0.05, 0) is 31.9 Å². The molecule has 0 aliphatic heterocycles. The van der Waals surface area contributed by atoms with Crippen molar-refractivity contribution < 1.29 is 4.79 Å². The Morgan fingerprint density at radius 2 is 1.93 bits per heavy atom. The Labute approximate surface area is 87.6 Å². The van der Waals surface area contributed by atoms with Gasteiger partial charge in [-0.3, -0.25) is 9.59 Å². The standard InChI is InChI=1S/C11H12N2O2/c1-6-7(2)10(9(14)4-5-12)11(15)13-8(6)3/h4H2,1-3H3,(H,13,15). The van der Waals surface area contributed by atoms with Crippen LogP contribution in [-0.2, 0) is 0 Å². The van der Waals surface area contributed by atoms with Crippen molar-refractivity contribution >= 4 is 5.78 Å². The number of rotatable bonds is 2. The van der Waals surface area contributed by atoms with Crippen molar-refractivity contribution in [1.29, 1.82) is 5.26 Å². The number of aromatic nitrogens is 1. The maximum Gasteiger partial charge on any atom is 0.259 e. The molecular weight excluding hydrogens is 192 g/mol. The molecule has 4 heteroatoms. The van der Waals surface area contributed by atoms with E-state index in [1.54, 1.807) is 19.9 Å². The number of nitrogens with one attached hydrogen (secondary N) is 1. The molecule has 1 heterocycles. The molecule has 0 saturated carbocycles. The van der Waals surface area contributed by atoms with Gasteiger partial charge in [0, 0.05) is 5.69 Å². The number of aryl methyl sites for hydroxylation is 1. The normalized spacial score (nSPS) is 9.73. The highest BCUT2D eigenvalue weighted by Crippen LogP contribution is 2.12. The third-order valence-electron chi connectivity index (χ3n) is 2.55. The van der Waals surface area contributed by atoms with Gasteiger partial charge in [-0.25, -0.2) is 0 Å². The highest BCUT2D eigenvalue weighted by atomic mass is 16.1. The summed E-state index contributed by atoms with van der Waals surface area (Å²) in [4.78, 5) is 25.7. The van der Waals surface area contributed by atoms with Crippen LogP contribution in [0.25, 0.3) is 0 Å². The maximum atomic E-state index is 11.5. The molecule has 0 saturated heterocycles. The number of carbonyl (C=O) groups is 1. The summed E-state index contributed by atoms with van der Waals surface area (Å²) in [6.45, 7) is 5.34. The minimum Gasteiger partial charge on any atom is -0.326 e. The monoisotopic (exact) mass is 204 g/mol. The van der Waals surface area contributed by atoms with Crippen molar-refractivity contribution in [2.45, 2.75) is 27.2 Å². The largest absolute Gasteiger partial charge is 0.326 e. The molecule has 1 N–H and O–H groups in total. The average molecular weight is 204 g/mol. The fourth-order valence-electron chi connectivity index (χ4n) is 1.46. The van der Waals surface area contributed by atoms with Gasteiger partial charge >= 0.3 is 0 Å². The predicted molar refractivity (Wildman–Crippen MR) is 55.8 cm³/mol. The first-order valence-electron chi connectivity index (χ1n) is 4.59. The summed E-state index contributed by atoms with van der Waals surface area (Å²) in [6, 6.07) is 1.75. The van der Waals surface area contributed by atoms with E-state index in [1.165, 1.54) is 0 Å². The number of pyridine rings is 1. The van der Waals surface area contributed by atoms with Gasteiger partial charge in [0.05, 0.1) is 18.1 Å². The number of ketones is 1. The van der Waals surface area contributed by atoms with Crippen LogP contribution in [0.3, 0.4) is 0 Å². The number of hydrogen-bond donors (Lipinski definition) is 1. The average Bonchev–Trinajstić information content (AvgIpc) is 2.15. The Balaban J connectivity index is 3.44. The second-order valence-electron chi connectivity index (χ2n) is 3.46. The second-order valence-corrected chi connectivity index (χ2v) is 3.46. The third-order valence-corrected chi connectivity index (χ3v) is 2.55. The molecule has 4 nitrogen and oxygen atoms in total. The second kappa shape index (κ2) is 4.09. The van der Waals surface area contributed by atoms with Crippen molar-refractivity contribution in [2.75, 3.05) is 0 Å². The van der Waals surface area contributed by atoms with Crippen LogP contribution in [0.1, 0.15) is 33.6 Å². The van der Waals surface area contributed by atoms with Gasteiger partial charge in [-0.15, -0.1) is 0 Å². The van der Waals surface area contributed by atoms with Gasteiger partial charge in [-0.2, -0.15) is 5.26 Å². The van der Waals surface area contributed by atoms with Crippen molar-refractivity contribution in [1.82, 2.24) is 4.98 Å². The van der Waals surface area contributed by atoms with E-state index in [0.29, 0.717) is 5.56 Å². The number of H-pyrrole nitrogens is 1. The minimum atomic E-state index is -0.417. The van der Waals surface area contributed by atoms with E-state index in [-0.39, 0.29) is 12.0 Å². The summed E-state index contributed by atoms with van der Waals surface area (Å²) in [6.07, 6.45) is -0.258. The first kappa shape index (κ1) is 11.2. The molecule has 0 radical (unpaired) electrons. The highest BCUT2D eigenvalue weighted by Gasteiger charge is 2.16.